The van der Waals surface area contributed by atoms with Gasteiger partial charge in [-0.25, -0.2) is 9.69 Å². The Hall–Kier alpha value is -1.90. The molecular formula is C8H14ClN3O6. The van der Waals surface area contributed by atoms with Crippen LogP contribution in [-0.4, -0.2) is 56.8 Å². The third kappa shape index (κ3) is 7.39. The summed E-state index contributed by atoms with van der Waals surface area (Å²) < 4.78 is 0. The summed E-state index contributed by atoms with van der Waals surface area (Å²) in [6, 6.07) is 0. The number of carbonyl (C=O) groups is 2. The van der Waals surface area contributed by atoms with Crippen molar-refractivity contribution in [1.29, 1.82) is 0 Å². The summed E-state index contributed by atoms with van der Waals surface area (Å²) in [5, 5.41) is 28.6. The minimum absolute atomic E-state index is 0.303. The minimum atomic E-state index is -1.29. The Morgan fingerprint density at radius 1 is 1.56 bits per heavy atom. The van der Waals surface area contributed by atoms with Gasteiger partial charge < -0.3 is 10.3 Å². The molecule has 0 spiro atoms. The highest BCUT2D eigenvalue weighted by Gasteiger charge is 2.27. The number of amides is 2. The fourth-order valence-corrected chi connectivity index (χ4v) is 0.564. The summed E-state index contributed by atoms with van der Waals surface area (Å²) >= 11 is 5.04. The average molecular weight is 284 g/mol. The van der Waals surface area contributed by atoms with E-state index in [1.807, 2.05) is 0 Å². The lowest BCUT2D eigenvalue weighted by atomic mass is 10.1. The zero-order valence-electron chi connectivity index (χ0n) is 10.0. The van der Waals surface area contributed by atoms with E-state index >= 15 is 0 Å². The summed E-state index contributed by atoms with van der Waals surface area (Å²) in [7, 11) is 1.15. The summed E-state index contributed by atoms with van der Waals surface area (Å²) in [6.07, 6.45) is -0.423. The zero-order chi connectivity index (χ0) is 14.9. The number of carboxylic acid groups (broad SMARTS) is 1. The molecule has 0 aliphatic carbocycles. The maximum Gasteiger partial charge on any atom is 0.413 e. The molecular weight excluding hydrogens is 270 g/mol. The normalized spacial score (nSPS) is 10.4. The predicted octanol–water partition coefficient (Wildman–Crippen LogP) is 0.863. The van der Waals surface area contributed by atoms with Gasteiger partial charge in [-0.05, 0) is 0 Å². The van der Waals surface area contributed by atoms with Gasteiger partial charge >= 0.3 is 6.09 Å². The molecule has 0 aliphatic heterocycles. The molecule has 0 aromatic carbocycles. The first kappa shape index (κ1) is 18.5. The number of halogens is 1. The van der Waals surface area contributed by atoms with Crippen LogP contribution in [0.25, 0.3) is 0 Å². The third-order valence-electron chi connectivity index (χ3n) is 1.62. The van der Waals surface area contributed by atoms with Crippen LogP contribution in [0.4, 0.5) is 4.79 Å². The maximum absolute atomic E-state index is 10.4. The van der Waals surface area contributed by atoms with Gasteiger partial charge in [-0.3, -0.25) is 14.9 Å². The summed E-state index contributed by atoms with van der Waals surface area (Å²) in [5.41, 5.74) is -1.27. The van der Waals surface area contributed by atoms with Gasteiger partial charge in [0.05, 0.1) is 0 Å². The minimum Gasteiger partial charge on any atom is -0.465 e. The van der Waals surface area contributed by atoms with Crippen LogP contribution in [0, 0.1) is 10.1 Å². The Labute approximate surface area is 108 Å². The number of oxime groups is 1. The molecule has 2 N–H and O–H groups in total. The first-order valence-corrected chi connectivity index (χ1v) is 5.02. The van der Waals surface area contributed by atoms with Gasteiger partial charge in [0.15, 0.2) is 0 Å². The average Bonchev–Trinajstić information content (AvgIpc) is 2.27. The molecule has 0 bridgehead atoms. The molecule has 0 rings (SSSR count). The molecule has 0 aliphatic rings. The summed E-state index contributed by atoms with van der Waals surface area (Å²) in [5.74, 6) is -0.924. The quantitative estimate of drug-likeness (QED) is 0.259. The van der Waals surface area contributed by atoms with E-state index in [0.29, 0.717) is 4.90 Å². The van der Waals surface area contributed by atoms with Crippen LogP contribution in [-0.2, 0) is 4.79 Å². The van der Waals surface area contributed by atoms with Gasteiger partial charge in [0.2, 0.25) is 5.91 Å². The van der Waals surface area contributed by atoms with Crippen LogP contribution in [0.3, 0.4) is 0 Å². The van der Waals surface area contributed by atoms with Gasteiger partial charge in [0.25, 0.3) is 5.54 Å². The van der Waals surface area contributed by atoms with Crippen LogP contribution >= 0.6 is 11.6 Å². The molecule has 0 aromatic rings. The Balaban J connectivity index is 0. The maximum atomic E-state index is 10.4. The molecule has 0 radical (unpaired) electrons. The molecule has 0 heterocycles. The van der Waals surface area contributed by atoms with Crippen molar-refractivity contribution in [3.8, 4) is 0 Å². The van der Waals surface area contributed by atoms with E-state index in [2.05, 4.69) is 5.16 Å². The topological polar surface area (TPSA) is 133 Å². The van der Waals surface area contributed by atoms with Crippen molar-refractivity contribution in [2.45, 2.75) is 19.4 Å². The van der Waals surface area contributed by atoms with E-state index < -0.39 is 22.5 Å². The number of imide groups is 1. The second-order valence-electron chi connectivity index (χ2n) is 3.52. The van der Waals surface area contributed by atoms with Crippen LogP contribution < -0.4 is 0 Å². The lowest BCUT2D eigenvalue weighted by Crippen LogP contribution is -2.32. The van der Waals surface area contributed by atoms with Crippen LogP contribution in [0.1, 0.15) is 13.8 Å². The van der Waals surface area contributed by atoms with E-state index in [1.54, 1.807) is 0 Å². The molecule has 0 aromatic heterocycles. The van der Waals surface area contributed by atoms with Gasteiger partial charge in [-0.1, -0.05) is 5.16 Å². The van der Waals surface area contributed by atoms with Crippen molar-refractivity contribution >= 4 is 29.8 Å². The summed E-state index contributed by atoms with van der Waals surface area (Å²) in [4.78, 5) is 30.3. The molecule has 0 saturated carbocycles. The Kier molecular flexibility index (Phi) is 8.44. The number of alkyl halides is 1. The molecule has 0 fully saturated rings. The van der Waals surface area contributed by atoms with E-state index in [1.165, 1.54) is 13.8 Å². The van der Waals surface area contributed by atoms with Crippen molar-refractivity contribution in [1.82, 2.24) is 4.90 Å². The number of hydrogen-bond acceptors (Lipinski definition) is 6. The third-order valence-corrected chi connectivity index (χ3v) is 1.85. The molecule has 18 heavy (non-hydrogen) atoms. The van der Waals surface area contributed by atoms with Gasteiger partial charge in [0, 0.05) is 25.8 Å². The van der Waals surface area contributed by atoms with E-state index in [4.69, 9.17) is 21.9 Å². The molecule has 9 nitrogen and oxygen atoms in total. The molecule has 104 valence electrons. The van der Waals surface area contributed by atoms with Crippen LogP contribution in [0.5, 0.6) is 0 Å². The molecule has 2 amide bonds. The number of hydrogen-bond donors (Lipinski definition) is 2. The molecule has 0 unspecified atom stereocenters. The van der Waals surface area contributed by atoms with Gasteiger partial charge in [-0.2, -0.15) is 0 Å². The van der Waals surface area contributed by atoms with E-state index in [-0.39, 0.29) is 5.88 Å². The van der Waals surface area contributed by atoms with E-state index in [0.717, 1.165) is 13.3 Å². The Bertz CT molecular complexity index is 344. The highest BCUT2D eigenvalue weighted by Crippen LogP contribution is 2.02. The van der Waals surface area contributed by atoms with Crippen molar-refractivity contribution in [2.24, 2.45) is 5.16 Å². The van der Waals surface area contributed by atoms with Crippen LogP contribution in [0.15, 0.2) is 5.16 Å². The summed E-state index contributed by atoms with van der Waals surface area (Å²) in [6.45, 7) is 2.68. The van der Waals surface area contributed by atoms with Crippen molar-refractivity contribution in [2.75, 3.05) is 12.9 Å². The second-order valence-corrected chi connectivity index (χ2v) is 3.79. The zero-order valence-corrected chi connectivity index (χ0v) is 10.8. The number of nitrogens with zero attached hydrogens (tertiary/aromatic N) is 3. The number of rotatable bonds is 3. The van der Waals surface area contributed by atoms with Gasteiger partial charge in [0.1, 0.15) is 12.1 Å². The molecule has 0 atom stereocenters. The van der Waals surface area contributed by atoms with Gasteiger partial charge in [-0.15, -0.1) is 11.6 Å². The molecule has 10 heteroatoms. The highest BCUT2D eigenvalue weighted by molar-refractivity contribution is 6.28. The SMILES string of the molecule is CC(C)(/C=N\O)[N+](=O)[O-].CN(C(=O)O)C(=O)CCl. The van der Waals surface area contributed by atoms with Crippen LogP contribution in [0.2, 0.25) is 0 Å². The van der Waals surface area contributed by atoms with E-state index in [9.17, 15) is 19.7 Å². The van der Waals surface area contributed by atoms with Crippen molar-refractivity contribution < 1.29 is 24.8 Å². The number of nitro groups is 1. The molecule has 0 saturated heterocycles. The highest BCUT2D eigenvalue weighted by atomic mass is 35.5. The monoisotopic (exact) mass is 283 g/mol. The first-order chi connectivity index (χ1) is 8.10. The lowest BCUT2D eigenvalue weighted by Gasteiger charge is -2.06. The second kappa shape index (κ2) is 8.23. The first-order valence-electron chi connectivity index (χ1n) is 4.48. The standard InChI is InChI=1S/C4H6ClNO3.C4H8N2O3/c1-6(4(8)9)3(7)2-5;1-4(2,3-5-7)6(8)9/h2H2,1H3,(H,8,9);3,7H,1-2H3/b;5-3-. The fourth-order valence-electron chi connectivity index (χ4n) is 0.385. The largest absolute Gasteiger partial charge is 0.465 e. The Morgan fingerprint density at radius 3 is 2.11 bits per heavy atom. The smallest absolute Gasteiger partial charge is 0.413 e. The Morgan fingerprint density at radius 2 is 2.00 bits per heavy atom. The predicted molar refractivity (Wildman–Crippen MR) is 62.9 cm³/mol. The van der Waals surface area contributed by atoms with Crippen molar-refractivity contribution in [3.05, 3.63) is 10.1 Å². The fraction of sp³-hybridized carbons (Fsp3) is 0.625. The number of carbonyl (C=O) groups excluding carboxylic acids is 1. The van der Waals surface area contributed by atoms with Crippen molar-refractivity contribution in [3.63, 3.8) is 0 Å². The lowest BCUT2D eigenvalue weighted by molar-refractivity contribution is -0.536.